The van der Waals surface area contributed by atoms with Crippen molar-refractivity contribution in [3.8, 4) is 0 Å². The maximum absolute atomic E-state index is 13.0. The summed E-state index contributed by atoms with van der Waals surface area (Å²) in [7, 11) is 1.62. The van der Waals surface area contributed by atoms with Crippen molar-refractivity contribution in [2.45, 2.75) is 264 Å². The molecule has 0 saturated heterocycles. The fourth-order valence-corrected chi connectivity index (χ4v) is 8.61. The molecule has 3 N–H and O–H groups in total. The summed E-state index contributed by atoms with van der Waals surface area (Å²) in [6, 6.07) is -0.761. The number of likely N-dealkylation sites (N-methyl/N-ethyl adjacent to an activating group) is 1. The number of quaternary nitrogens is 1. The van der Waals surface area contributed by atoms with Gasteiger partial charge in [0.25, 0.3) is 0 Å². The van der Waals surface area contributed by atoms with Gasteiger partial charge in [-0.2, -0.15) is 0 Å². The van der Waals surface area contributed by atoms with E-state index in [0.717, 1.165) is 51.4 Å². The smallest absolute Gasteiger partial charge is 0.391 e. The number of aliphatic hydroxyl groups is 1. The fraction of sp³-hybridized carbons (Fsp3) is 0.870. The van der Waals surface area contributed by atoms with Crippen LogP contribution in [-0.2, 0) is 18.4 Å². The lowest BCUT2D eigenvalue weighted by Gasteiger charge is -2.26. The summed E-state index contributed by atoms with van der Waals surface area (Å²) < 4.78 is 23.7. The Morgan fingerprint density at radius 3 is 1.32 bits per heavy atom. The lowest BCUT2D eigenvalue weighted by molar-refractivity contribution is -0.870. The second-order valence-electron chi connectivity index (χ2n) is 19.6. The summed E-state index contributed by atoms with van der Waals surface area (Å²) >= 11 is 0. The highest BCUT2D eigenvalue weighted by molar-refractivity contribution is 7.47. The first-order chi connectivity index (χ1) is 30.5. The third-order valence-corrected chi connectivity index (χ3v) is 13.1. The molecule has 8 nitrogen and oxygen atoms in total. The zero-order valence-electron chi connectivity index (χ0n) is 42.3. The summed E-state index contributed by atoms with van der Waals surface area (Å²) in [5, 5.41) is 14.0. The molecule has 0 aliphatic heterocycles. The molecule has 0 heterocycles. The molecule has 1 amide bonds. The largest absolute Gasteiger partial charge is 0.472 e. The molecule has 3 atom stereocenters. The Morgan fingerprint density at radius 2 is 0.905 bits per heavy atom. The summed E-state index contributed by atoms with van der Waals surface area (Å²) in [4.78, 5) is 23.3. The second-order valence-corrected chi connectivity index (χ2v) is 21.1. The van der Waals surface area contributed by atoms with Crippen LogP contribution in [0.4, 0.5) is 0 Å². The summed E-state index contributed by atoms with van der Waals surface area (Å²) in [5.74, 6) is -0.145. The maximum atomic E-state index is 13.0. The minimum absolute atomic E-state index is 0.0745. The van der Waals surface area contributed by atoms with Crippen molar-refractivity contribution in [2.24, 2.45) is 0 Å². The minimum atomic E-state index is -4.32. The molecule has 9 heteroatoms. The predicted octanol–water partition coefficient (Wildman–Crippen LogP) is 15.8. The average Bonchev–Trinajstić information content (AvgIpc) is 3.24. The van der Waals surface area contributed by atoms with Crippen molar-refractivity contribution in [1.82, 2.24) is 5.32 Å². The SMILES string of the molecule is CCCCCCC/C=C\C/C=C\C/C=C\CCCCCCCCCCCCCCC(=O)NC(COP(=O)(O)OCC[N+](C)(C)C)C(O)CCCCCCCCCCCCCCCC. The number of hydrogen-bond acceptors (Lipinski definition) is 5. The Balaban J connectivity index is 4.15. The summed E-state index contributed by atoms with van der Waals surface area (Å²) in [6.45, 7) is 4.89. The summed E-state index contributed by atoms with van der Waals surface area (Å²) in [6.07, 6.45) is 57.5. The van der Waals surface area contributed by atoms with Gasteiger partial charge in [-0.15, -0.1) is 0 Å². The van der Waals surface area contributed by atoms with Gasteiger partial charge in [0.2, 0.25) is 5.91 Å². The number of nitrogens with zero attached hydrogens (tertiary/aromatic N) is 1. The molecule has 0 saturated carbocycles. The van der Waals surface area contributed by atoms with Gasteiger partial charge in [0, 0.05) is 6.42 Å². The normalized spacial score (nSPS) is 14.3. The van der Waals surface area contributed by atoms with Crippen LogP contribution >= 0.6 is 7.82 Å². The molecule has 0 aromatic carbocycles. The highest BCUT2D eigenvalue weighted by atomic mass is 31.2. The zero-order valence-corrected chi connectivity index (χ0v) is 43.2. The number of hydrogen-bond donors (Lipinski definition) is 3. The van der Waals surface area contributed by atoms with Crippen LogP contribution in [0.15, 0.2) is 36.5 Å². The molecule has 0 bridgehead atoms. The van der Waals surface area contributed by atoms with Crippen molar-refractivity contribution in [3.05, 3.63) is 36.5 Å². The second kappa shape index (κ2) is 45.9. The van der Waals surface area contributed by atoms with Crippen molar-refractivity contribution >= 4 is 13.7 Å². The number of nitrogens with one attached hydrogen (secondary N) is 1. The van der Waals surface area contributed by atoms with Gasteiger partial charge in [-0.1, -0.05) is 230 Å². The molecule has 0 radical (unpaired) electrons. The standard InChI is InChI=1S/C54H105N2O6P/c1-6-8-10-12-14-16-18-20-22-23-24-25-26-27-28-29-30-31-32-33-34-36-38-40-42-44-46-48-54(58)55-52(51-62-63(59,60)61-50-49-56(3,4)5)53(57)47-45-43-41-39-37-35-21-19-17-15-13-11-9-7-2/h18,20,23-24,26-27,52-53,57H,6-17,19,21-22,25,28-51H2,1-5H3,(H-,55,58,59,60)/p+1/b20-18-,24-23-,27-26-. The average molecular weight is 910 g/mol. The van der Waals surface area contributed by atoms with Crippen molar-refractivity contribution in [1.29, 1.82) is 0 Å². The number of amides is 1. The lowest BCUT2D eigenvalue weighted by atomic mass is 10.0. The van der Waals surface area contributed by atoms with E-state index in [1.165, 1.54) is 173 Å². The number of carbonyl (C=O) groups is 1. The Hall–Kier alpha value is -1.28. The van der Waals surface area contributed by atoms with Gasteiger partial charge in [-0.05, 0) is 51.4 Å². The Kier molecular flexibility index (Phi) is 44.9. The Morgan fingerprint density at radius 1 is 0.540 bits per heavy atom. The highest BCUT2D eigenvalue weighted by Crippen LogP contribution is 2.43. The Bertz CT molecular complexity index is 1120. The number of phosphoric ester groups is 1. The van der Waals surface area contributed by atoms with E-state index in [1.807, 2.05) is 21.1 Å². The molecule has 0 aromatic heterocycles. The van der Waals surface area contributed by atoms with Crippen LogP contribution < -0.4 is 5.32 Å². The van der Waals surface area contributed by atoms with Gasteiger partial charge in [0.05, 0.1) is 39.9 Å². The minimum Gasteiger partial charge on any atom is -0.391 e. The molecular weight excluding hydrogens is 804 g/mol. The van der Waals surface area contributed by atoms with Gasteiger partial charge >= 0.3 is 7.82 Å². The van der Waals surface area contributed by atoms with Crippen LogP contribution in [-0.4, -0.2) is 73.4 Å². The molecule has 0 aliphatic carbocycles. The molecule has 0 fully saturated rings. The maximum Gasteiger partial charge on any atom is 0.472 e. The Labute approximate surface area is 391 Å². The third kappa shape index (κ3) is 48.5. The number of allylic oxidation sites excluding steroid dienone is 6. The molecule has 0 aromatic rings. The topological polar surface area (TPSA) is 105 Å². The van der Waals surface area contributed by atoms with Crippen molar-refractivity contribution in [3.63, 3.8) is 0 Å². The van der Waals surface area contributed by atoms with E-state index >= 15 is 0 Å². The van der Waals surface area contributed by atoms with E-state index < -0.39 is 20.0 Å². The fourth-order valence-electron chi connectivity index (χ4n) is 7.88. The number of rotatable bonds is 49. The monoisotopic (exact) mass is 910 g/mol. The lowest BCUT2D eigenvalue weighted by Crippen LogP contribution is -2.46. The first-order valence-electron chi connectivity index (χ1n) is 26.9. The first-order valence-corrected chi connectivity index (χ1v) is 28.3. The van der Waals surface area contributed by atoms with Crippen LogP contribution in [0.1, 0.15) is 251 Å². The number of carbonyl (C=O) groups excluding carboxylic acids is 1. The molecule has 63 heavy (non-hydrogen) atoms. The quantitative estimate of drug-likeness (QED) is 0.0243. The molecule has 0 spiro atoms. The number of phosphoric acid groups is 1. The van der Waals surface area contributed by atoms with E-state index in [-0.39, 0.29) is 19.1 Å². The zero-order chi connectivity index (χ0) is 46.4. The highest BCUT2D eigenvalue weighted by Gasteiger charge is 2.28. The van der Waals surface area contributed by atoms with Crippen LogP contribution in [0.3, 0.4) is 0 Å². The van der Waals surface area contributed by atoms with Gasteiger partial charge in [0.1, 0.15) is 13.2 Å². The molecule has 372 valence electrons. The number of unbranched alkanes of at least 4 members (excludes halogenated alkanes) is 30. The van der Waals surface area contributed by atoms with Crippen LogP contribution in [0, 0.1) is 0 Å². The van der Waals surface area contributed by atoms with Crippen molar-refractivity contribution < 1.29 is 32.9 Å². The predicted molar refractivity (Wildman–Crippen MR) is 272 cm³/mol. The molecule has 0 rings (SSSR count). The first kappa shape index (κ1) is 61.7. The third-order valence-electron chi connectivity index (χ3n) is 12.1. The molecular formula is C54H106N2O6P+. The van der Waals surface area contributed by atoms with Crippen LogP contribution in [0.25, 0.3) is 0 Å². The van der Waals surface area contributed by atoms with E-state index in [1.54, 1.807) is 0 Å². The molecule has 3 unspecified atom stereocenters. The number of aliphatic hydroxyl groups excluding tert-OH is 1. The van der Waals surface area contributed by atoms with Crippen LogP contribution in [0.5, 0.6) is 0 Å². The summed E-state index contributed by atoms with van der Waals surface area (Å²) in [5.41, 5.74) is 0. The van der Waals surface area contributed by atoms with Crippen molar-refractivity contribution in [2.75, 3.05) is 40.9 Å². The van der Waals surface area contributed by atoms with Gasteiger partial charge < -0.3 is 19.8 Å². The van der Waals surface area contributed by atoms with Crippen LogP contribution in [0.2, 0.25) is 0 Å². The van der Waals surface area contributed by atoms with Gasteiger partial charge in [0.15, 0.2) is 0 Å². The van der Waals surface area contributed by atoms with Gasteiger partial charge in [-0.25, -0.2) is 4.57 Å². The van der Waals surface area contributed by atoms with E-state index in [9.17, 15) is 19.4 Å². The van der Waals surface area contributed by atoms with E-state index in [2.05, 4.69) is 55.6 Å². The van der Waals surface area contributed by atoms with E-state index in [0.29, 0.717) is 23.9 Å². The van der Waals surface area contributed by atoms with E-state index in [4.69, 9.17) is 9.05 Å². The molecule has 0 aliphatic rings. The van der Waals surface area contributed by atoms with Gasteiger partial charge in [-0.3, -0.25) is 13.8 Å².